The average Bonchev–Trinajstić information content (AvgIpc) is 3.03. The molecule has 1 aliphatic rings. The van der Waals surface area contributed by atoms with Gasteiger partial charge in [-0.1, -0.05) is 27.3 Å². The van der Waals surface area contributed by atoms with Crippen molar-refractivity contribution < 1.29 is 0 Å². The van der Waals surface area contributed by atoms with Gasteiger partial charge in [-0.25, -0.2) is 0 Å². The largest absolute Gasteiger partial charge is 0.397 e. The van der Waals surface area contributed by atoms with Gasteiger partial charge < -0.3 is 5.73 Å². The molecule has 8 heteroatoms. The van der Waals surface area contributed by atoms with E-state index >= 15 is 0 Å². The Kier molecular flexibility index (Phi) is 2.87. The number of aromatic nitrogens is 4. The standard InChI is InChI=1S/C12H9Br2N5S/c13-6-3-7(9(15)8(14)4-6)11-18-19-10(5-1-2-5)16-17-12(19)20-11/h3-5H,1-2,15H2. The zero-order valence-corrected chi connectivity index (χ0v) is 14.2. The van der Waals surface area contributed by atoms with E-state index in [1.54, 1.807) is 0 Å². The van der Waals surface area contributed by atoms with Crippen molar-refractivity contribution in [1.82, 2.24) is 19.8 Å². The molecule has 1 aromatic carbocycles. The molecule has 4 rings (SSSR count). The van der Waals surface area contributed by atoms with Gasteiger partial charge in [-0.15, -0.1) is 10.2 Å². The average molecular weight is 415 g/mol. The van der Waals surface area contributed by atoms with E-state index in [1.807, 2.05) is 16.6 Å². The highest BCUT2D eigenvalue weighted by molar-refractivity contribution is 9.11. The van der Waals surface area contributed by atoms with E-state index in [4.69, 9.17) is 5.73 Å². The van der Waals surface area contributed by atoms with Crippen molar-refractivity contribution in [3.63, 3.8) is 0 Å². The molecule has 0 saturated heterocycles. The minimum absolute atomic E-state index is 0.520. The first-order valence-corrected chi connectivity index (χ1v) is 8.51. The number of benzene rings is 1. The van der Waals surface area contributed by atoms with Crippen molar-refractivity contribution in [1.29, 1.82) is 0 Å². The summed E-state index contributed by atoms with van der Waals surface area (Å²) in [6, 6.07) is 3.90. The predicted octanol–water partition coefficient (Wildman–Crippen LogP) is 3.84. The Bertz CT molecular complexity index is 821. The topological polar surface area (TPSA) is 69.1 Å². The van der Waals surface area contributed by atoms with E-state index in [1.165, 1.54) is 24.2 Å². The molecule has 0 radical (unpaired) electrons. The number of hydrogen-bond acceptors (Lipinski definition) is 5. The van der Waals surface area contributed by atoms with Gasteiger partial charge in [0.05, 0.1) is 5.69 Å². The van der Waals surface area contributed by atoms with Crippen molar-refractivity contribution >= 4 is 53.8 Å². The van der Waals surface area contributed by atoms with E-state index < -0.39 is 0 Å². The second-order valence-corrected chi connectivity index (χ2v) is 7.51. The first kappa shape index (κ1) is 12.7. The molecule has 3 aromatic rings. The Balaban J connectivity index is 1.90. The van der Waals surface area contributed by atoms with Crippen LogP contribution in [0.3, 0.4) is 0 Å². The number of nitrogens with two attached hydrogens (primary N) is 1. The SMILES string of the molecule is Nc1c(Br)cc(Br)cc1-c1nn2c(C3CC3)nnc2s1. The number of nitrogens with zero attached hydrogens (tertiary/aromatic N) is 4. The van der Waals surface area contributed by atoms with Crippen LogP contribution in [0.15, 0.2) is 21.1 Å². The molecule has 0 unspecified atom stereocenters. The van der Waals surface area contributed by atoms with Gasteiger partial charge in [0, 0.05) is 20.4 Å². The van der Waals surface area contributed by atoms with Gasteiger partial charge in [-0.05, 0) is 40.9 Å². The minimum atomic E-state index is 0.520. The Morgan fingerprint density at radius 1 is 1.25 bits per heavy atom. The molecule has 1 fully saturated rings. The number of halogens is 2. The zero-order chi connectivity index (χ0) is 13.9. The van der Waals surface area contributed by atoms with E-state index in [0.29, 0.717) is 11.6 Å². The van der Waals surface area contributed by atoms with Gasteiger partial charge in [0.1, 0.15) is 5.01 Å². The van der Waals surface area contributed by atoms with Gasteiger partial charge in [0.25, 0.3) is 0 Å². The van der Waals surface area contributed by atoms with E-state index in [9.17, 15) is 0 Å². The zero-order valence-electron chi connectivity index (χ0n) is 10.2. The molecule has 0 amide bonds. The van der Waals surface area contributed by atoms with Crippen LogP contribution >= 0.6 is 43.2 Å². The Labute approximate surface area is 135 Å². The van der Waals surface area contributed by atoms with Crippen LogP contribution in [0, 0.1) is 0 Å². The highest BCUT2D eigenvalue weighted by Gasteiger charge is 2.30. The lowest BCUT2D eigenvalue weighted by Crippen LogP contribution is -1.95. The number of fused-ring (bicyclic) bond motifs is 1. The van der Waals surface area contributed by atoms with E-state index in [2.05, 4.69) is 47.2 Å². The summed E-state index contributed by atoms with van der Waals surface area (Å²) in [5.74, 6) is 1.49. The van der Waals surface area contributed by atoms with Crippen LogP contribution < -0.4 is 5.73 Å². The highest BCUT2D eigenvalue weighted by atomic mass is 79.9. The van der Waals surface area contributed by atoms with Crippen LogP contribution in [-0.4, -0.2) is 19.8 Å². The molecule has 2 N–H and O–H groups in total. The summed E-state index contributed by atoms with van der Waals surface area (Å²) in [5.41, 5.74) is 7.73. The number of hydrogen-bond donors (Lipinski definition) is 1. The molecule has 2 aromatic heterocycles. The molecule has 2 heterocycles. The first-order chi connectivity index (χ1) is 9.63. The van der Waals surface area contributed by atoms with Crippen molar-refractivity contribution in [2.45, 2.75) is 18.8 Å². The fourth-order valence-electron chi connectivity index (χ4n) is 2.10. The fourth-order valence-corrected chi connectivity index (χ4v) is 4.20. The molecule has 102 valence electrons. The molecule has 0 spiro atoms. The molecule has 0 aliphatic heterocycles. The molecule has 0 bridgehead atoms. The third-order valence-corrected chi connectivity index (χ3v) is 5.33. The fraction of sp³-hybridized carbons (Fsp3) is 0.250. The molecular weight excluding hydrogens is 406 g/mol. The maximum Gasteiger partial charge on any atom is 0.234 e. The third kappa shape index (κ3) is 1.97. The van der Waals surface area contributed by atoms with Crippen LogP contribution in [0.1, 0.15) is 24.6 Å². The summed E-state index contributed by atoms with van der Waals surface area (Å²) in [6.07, 6.45) is 2.36. The summed E-state index contributed by atoms with van der Waals surface area (Å²) >= 11 is 8.45. The number of anilines is 1. The highest BCUT2D eigenvalue weighted by Crippen LogP contribution is 2.41. The first-order valence-electron chi connectivity index (χ1n) is 6.10. The Morgan fingerprint density at radius 3 is 2.80 bits per heavy atom. The Morgan fingerprint density at radius 2 is 2.05 bits per heavy atom. The quantitative estimate of drug-likeness (QED) is 0.646. The lowest BCUT2D eigenvalue weighted by Gasteiger charge is -2.05. The lowest BCUT2D eigenvalue weighted by molar-refractivity contribution is 0.828. The second kappa shape index (κ2) is 4.51. The predicted molar refractivity (Wildman–Crippen MR) is 85.9 cm³/mol. The molecular formula is C12H9Br2N5S. The summed E-state index contributed by atoms with van der Waals surface area (Å²) in [7, 11) is 0. The molecule has 20 heavy (non-hydrogen) atoms. The maximum atomic E-state index is 6.14. The van der Waals surface area contributed by atoms with Crippen molar-refractivity contribution in [3.8, 4) is 10.6 Å². The number of nitrogen functional groups attached to an aromatic ring is 1. The van der Waals surface area contributed by atoms with Crippen LogP contribution in [-0.2, 0) is 0 Å². The van der Waals surface area contributed by atoms with Gasteiger partial charge in [0.2, 0.25) is 4.96 Å². The summed E-state index contributed by atoms with van der Waals surface area (Å²) < 4.78 is 3.67. The smallest absolute Gasteiger partial charge is 0.234 e. The Hall–Kier alpha value is -0.990. The monoisotopic (exact) mass is 413 g/mol. The van der Waals surface area contributed by atoms with Crippen LogP contribution in [0.4, 0.5) is 5.69 Å². The van der Waals surface area contributed by atoms with Crippen molar-refractivity contribution in [2.75, 3.05) is 5.73 Å². The van der Waals surface area contributed by atoms with Crippen molar-refractivity contribution in [2.24, 2.45) is 0 Å². The van der Waals surface area contributed by atoms with E-state index in [-0.39, 0.29) is 0 Å². The summed E-state index contributed by atoms with van der Waals surface area (Å²) in [4.78, 5) is 0.817. The minimum Gasteiger partial charge on any atom is -0.397 e. The molecule has 0 atom stereocenters. The summed E-state index contributed by atoms with van der Waals surface area (Å²) in [6.45, 7) is 0. The van der Waals surface area contributed by atoms with Gasteiger partial charge in [0.15, 0.2) is 5.82 Å². The van der Waals surface area contributed by atoms with Crippen LogP contribution in [0.25, 0.3) is 15.5 Å². The summed E-state index contributed by atoms with van der Waals surface area (Å²) in [5, 5.41) is 13.9. The van der Waals surface area contributed by atoms with E-state index in [0.717, 1.165) is 30.3 Å². The maximum absolute atomic E-state index is 6.14. The molecule has 1 saturated carbocycles. The van der Waals surface area contributed by atoms with Crippen molar-refractivity contribution in [3.05, 3.63) is 26.9 Å². The number of rotatable bonds is 2. The van der Waals surface area contributed by atoms with Crippen LogP contribution in [0.5, 0.6) is 0 Å². The van der Waals surface area contributed by atoms with Gasteiger partial charge >= 0.3 is 0 Å². The normalized spacial score (nSPS) is 15.1. The third-order valence-electron chi connectivity index (χ3n) is 3.28. The molecule has 5 nitrogen and oxygen atoms in total. The molecule has 1 aliphatic carbocycles. The lowest BCUT2D eigenvalue weighted by atomic mass is 10.2. The van der Waals surface area contributed by atoms with Crippen LogP contribution in [0.2, 0.25) is 0 Å². The second-order valence-electron chi connectivity index (χ2n) is 4.78. The van der Waals surface area contributed by atoms with Gasteiger partial charge in [-0.3, -0.25) is 0 Å². The van der Waals surface area contributed by atoms with Gasteiger partial charge in [-0.2, -0.15) is 9.61 Å².